The van der Waals surface area contributed by atoms with Crippen molar-refractivity contribution >= 4 is 16.7 Å². The van der Waals surface area contributed by atoms with Gasteiger partial charge in [0.05, 0.1) is 13.2 Å². The van der Waals surface area contributed by atoms with Gasteiger partial charge in [0.15, 0.2) is 5.25 Å². The number of ether oxygens (including phenoxy) is 2. The fraction of sp³-hybridized carbons (Fsp3) is 0.350. The van der Waals surface area contributed by atoms with Gasteiger partial charge in [-0.2, -0.15) is 0 Å². The van der Waals surface area contributed by atoms with E-state index in [9.17, 15) is 4.79 Å². The molecule has 1 saturated heterocycles. The van der Waals surface area contributed by atoms with Crippen LogP contribution in [0.25, 0.3) is 0 Å². The highest BCUT2D eigenvalue weighted by Gasteiger charge is 2.37. The molecule has 2 aromatic rings. The maximum atomic E-state index is 12.9. The van der Waals surface area contributed by atoms with Gasteiger partial charge in [0.25, 0.3) is 0 Å². The van der Waals surface area contributed by atoms with Crippen LogP contribution in [0.3, 0.4) is 0 Å². The second-order valence-electron chi connectivity index (χ2n) is 5.76. The van der Waals surface area contributed by atoms with Crippen molar-refractivity contribution < 1.29 is 14.3 Å². The Labute approximate surface area is 146 Å². The van der Waals surface area contributed by atoms with Crippen LogP contribution in [0.15, 0.2) is 54.6 Å². The Balaban J connectivity index is 1.68. The van der Waals surface area contributed by atoms with Crippen LogP contribution in [-0.2, 0) is 15.6 Å². The number of Topliss-reactive ketones (excluding diaryl/α,β-unsaturated/α-hetero) is 1. The first kappa shape index (κ1) is 17.1. The Hall–Kier alpha value is -1.78. The predicted octanol–water partition coefficient (Wildman–Crippen LogP) is 4.09. The second kappa shape index (κ2) is 8.36. The van der Waals surface area contributed by atoms with Crippen LogP contribution in [0, 0.1) is 0 Å². The molecule has 3 rings (SSSR count). The van der Waals surface area contributed by atoms with Crippen molar-refractivity contribution in [2.45, 2.75) is 18.6 Å². The molecular formula is C20H23O3S+. The molecule has 0 aromatic heterocycles. The number of hydrogen-bond donors (Lipinski definition) is 0. The molecule has 2 aromatic carbocycles. The van der Waals surface area contributed by atoms with Crippen molar-refractivity contribution in [3.05, 3.63) is 60.2 Å². The summed E-state index contributed by atoms with van der Waals surface area (Å²) in [5.41, 5.74) is 0.779. The van der Waals surface area contributed by atoms with Crippen molar-refractivity contribution in [3.8, 4) is 11.5 Å². The third-order valence-electron chi connectivity index (χ3n) is 4.16. The number of rotatable bonds is 6. The van der Waals surface area contributed by atoms with Gasteiger partial charge in [-0.15, -0.1) is 0 Å². The zero-order valence-corrected chi connectivity index (χ0v) is 14.8. The minimum absolute atomic E-state index is 0.120. The Morgan fingerprint density at radius 3 is 2.29 bits per heavy atom. The molecule has 0 bridgehead atoms. The quantitative estimate of drug-likeness (QED) is 0.585. The molecule has 0 aliphatic carbocycles. The molecule has 1 heterocycles. The molecule has 0 radical (unpaired) electrons. The van der Waals surface area contributed by atoms with Crippen molar-refractivity contribution in [2.24, 2.45) is 0 Å². The number of benzene rings is 2. The van der Waals surface area contributed by atoms with E-state index in [0.29, 0.717) is 0 Å². The standard InChI is InChI=1S/C20H23O3S/c1-2-19(24-14-12-22-13-15-24)20(21)16-8-10-18(11-9-16)23-17-6-4-3-5-7-17/h3-11,19H,2,12-15H2,1H3/q+1. The lowest BCUT2D eigenvalue weighted by atomic mass is 10.1. The third-order valence-corrected chi connectivity index (χ3v) is 6.90. The molecule has 24 heavy (non-hydrogen) atoms. The van der Waals surface area contributed by atoms with E-state index in [1.807, 2.05) is 54.6 Å². The van der Waals surface area contributed by atoms with Gasteiger partial charge in [0.2, 0.25) is 5.78 Å². The normalized spacial score (nSPS) is 16.5. The second-order valence-corrected chi connectivity index (χ2v) is 8.22. The smallest absolute Gasteiger partial charge is 0.214 e. The van der Waals surface area contributed by atoms with E-state index < -0.39 is 0 Å². The summed E-state index contributed by atoms with van der Waals surface area (Å²) in [4.78, 5) is 12.9. The van der Waals surface area contributed by atoms with Gasteiger partial charge >= 0.3 is 0 Å². The van der Waals surface area contributed by atoms with Crippen molar-refractivity contribution in [1.82, 2.24) is 0 Å². The first-order valence-corrected chi connectivity index (χ1v) is 10.0. The maximum Gasteiger partial charge on any atom is 0.214 e. The molecule has 3 nitrogen and oxygen atoms in total. The Bertz CT molecular complexity index is 648. The van der Waals surface area contributed by atoms with E-state index in [0.717, 1.165) is 48.2 Å². The zero-order valence-electron chi connectivity index (χ0n) is 13.9. The van der Waals surface area contributed by atoms with Crippen molar-refractivity contribution in [1.29, 1.82) is 0 Å². The molecule has 1 aliphatic rings. The fourth-order valence-electron chi connectivity index (χ4n) is 2.89. The molecule has 126 valence electrons. The van der Waals surface area contributed by atoms with E-state index in [2.05, 4.69) is 6.92 Å². The molecule has 0 amide bonds. The first-order valence-electron chi connectivity index (χ1n) is 8.39. The summed E-state index contributed by atoms with van der Waals surface area (Å²) in [6, 6.07) is 17.2. The summed E-state index contributed by atoms with van der Waals surface area (Å²) in [6.07, 6.45) is 0.893. The lowest BCUT2D eigenvalue weighted by molar-refractivity contribution is 0.0985. The number of carbonyl (C=O) groups is 1. The van der Waals surface area contributed by atoms with E-state index in [1.165, 1.54) is 0 Å². The highest BCUT2D eigenvalue weighted by atomic mass is 32.2. The van der Waals surface area contributed by atoms with Gasteiger partial charge in [-0.1, -0.05) is 25.1 Å². The van der Waals surface area contributed by atoms with Crippen LogP contribution < -0.4 is 4.74 Å². The van der Waals surface area contributed by atoms with Crippen LogP contribution in [0.5, 0.6) is 11.5 Å². The molecular weight excluding hydrogens is 320 g/mol. The first-order chi connectivity index (χ1) is 11.8. The van der Waals surface area contributed by atoms with E-state index in [-0.39, 0.29) is 21.9 Å². The van der Waals surface area contributed by atoms with E-state index >= 15 is 0 Å². The van der Waals surface area contributed by atoms with Gasteiger partial charge in [0.1, 0.15) is 23.0 Å². The van der Waals surface area contributed by atoms with Crippen LogP contribution in [0.1, 0.15) is 23.7 Å². The molecule has 0 saturated carbocycles. The summed E-state index contributed by atoms with van der Waals surface area (Å²) < 4.78 is 11.2. The summed E-state index contributed by atoms with van der Waals surface area (Å²) in [5.74, 6) is 3.83. The van der Waals surface area contributed by atoms with Gasteiger partial charge in [0, 0.05) is 16.5 Å². The number of para-hydroxylation sites is 1. The molecule has 1 aliphatic heterocycles. The summed E-state index contributed by atoms with van der Waals surface area (Å²) in [6.45, 7) is 3.69. The van der Waals surface area contributed by atoms with Gasteiger partial charge in [-0.3, -0.25) is 4.79 Å². The van der Waals surface area contributed by atoms with Crippen LogP contribution in [0.4, 0.5) is 0 Å². The molecule has 0 spiro atoms. The lowest BCUT2D eigenvalue weighted by Gasteiger charge is -2.21. The Morgan fingerprint density at radius 2 is 1.67 bits per heavy atom. The average Bonchev–Trinajstić information content (AvgIpc) is 2.65. The molecule has 4 heteroatoms. The molecule has 1 atom stereocenters. The number of carbonyl (C=O) groups excluding carboxylic acids is 1. The molecule has 0 N–H and O–H groups in total. The fourth-order valence-corrected chi connectivity index (χ4v) is 5.24. The Morgan fingerprint density at radius 1 is 1.04 bits per heavy atom. The molecule has 1 fully saturated rings. The van der Waals surface area contributed by atoms with E-state index in [1.54, 1.807) is 0 Å². The van der Waals surface area contributed by atoms with E-state index in [4.69, 9.17) is 9.47 Å². The monoisotopic (exact) mass is 343 g/mol. The largest absolute Gasteiger partial charge is 0.457 e. The lowest BCUT2D eigenvalue weighted by Crippen LogP contribution is -2.39. The number of ketones is 1. The topological polar surface area (TPSA) is 35.5 Å². The highest BCUT2D eigenvalue weighted by molar-refractivity contribution is 7.98. The summed E-state index contributed by atoms with van der Waals surface area (Å²) in [7, 11) is 0.144. The van der Waals surface area contributed by atoms with Crippen LogP contribution >= 0.6 is 0 Å². The van der Waals surface area contributed by atoms with Gasteiger partial charge in [-0.05, 0) is 42.8 Å². The predicted molar refractivity (Wildman–Crippen MR) is 99.3 cm³/mol. The highest BCUT2D eigenvalue weighted by Crippen LogP contribution is 2.24. The van der Waals surface area contributed by atoms with Gasteiger partial charge < -0.3 is 9.47 Å². The SMILES string of the molecule is CCC(C(=O)c1ccc(Oc2ccccc2)cc1)[S+]1CCOCC1. The van der Waals surface area contributed by atoms with Crippen LogP contribution in [0.2, 0.25) is 0 Å². The third kappa shape index (κ3) is 4.19. The zero-order chi connectivity index (χ0) is 16.8. The average molecular weight is 343 g/mol. The molecule has 1 unspecified atom stereocenters. The van der Waals surface area contributed by atoms with Crippen LogP contribution in [-0.4, -0.2) is 35.8 Å². The summed E-state index contributed by atoms with van der Waals surface area (Å²) in [5, 5.41) is 0.120. The minimum atomic E-state index is 0.120. The maximum absolute atomic E-state index is 12.9. The minimum Gasteiger partial charge on any atom is -0.457 e. The van der Waals surface area contributed by atoms with Gasteiger partial charge in [-0.25, -0.2) is 0 Å². The van der Waals surface area contributed by atoms with Crippen molar-refractivity contribution in [3.63, 3.8) is 0 Å². The number of hydrogen-bond acceptors (Lipinski definition) is 3. The summed E-state index contributed by atoms with van der Waals surface area (Å²) >= 11 is 0. The Kier molecular flexibility index (Phi) is 5.94. The van der Waals surface area contributed by atoms with Crippen molar-refractivity contribution in [2.75, 3.05) is 24.7 Å².